The number of aryl methyl sites for hydroxylation is 1. The quantitative estimate of drug-likeness (QED) is 0.505. The summed E-state index contributed by atoms with van der Waals surface area (Å²) in [6.07, 6.45) is 2.77. The van der Waals surface area contributed by atoms with Crippen LogP contribution in [0.3, 0.4) is 0 Å². The van der Waals surface area contributed by atoms with Crippen molar-refractivity contribution in [1.82, 2.24) is 4.98 Å². The van der Waals surface area contributed by atoms with Crippen LogP contribution in [-0.4, -0.2) is 22.9 Å². The fourth-order valence-corrected chi connectivity index (χ4v) is 2.69. The molecule has 7 heteroatoms. The maximum atomic E-state index is 12.5. The lowest BCUT2D eigenvalue weighted by Gasteiger charge is -2.10. The number of carbonyl (C=O) groups is 1. The van der Waals surface area contributed by atoms with Crippen LogP contribution in [0.25, 0.3) is 11.3 Å². The first-order chi connectivity index (χ1) is 13.5. The summed E-state index contributed by atoms with van der Waals surface area (Å²) in [5.41, 5.74) is 3.61. The van der Waals surface area contributed by atoms with Crippen LogP contribution in [0, 0.1) is 10.1 Å². The van der Waals surface area contributed by atoms with Gasteiger partial charge in [0, 0.05) is 23.4 Å². The number of pyridine rings is 1. The second-order valence-corrected chi connectivity index (χ2v) is 6.08. The summed E-state index contributed by atoms with van der Waals surface area (Å²) in [5, 5.41) is 13.6. The lowest BCUT2D eigenvalue weighted by Crippen LogP contribution is -2.12. The van der Waals surface area contributed by atoms with E-state index >= 15 is 0 Å². The van der Waals surface area contributed by atoms with Crippen molar-refractivity contribution >= 4 is 17.3 Å². The van der Waals surface area contributed by atoms with Crippen molar-refractivity contribution in [3.8, 4) is 17.0 Å². The normalized spacial score (nSPS) is 10.4. The molecule has 0 saturated heterocycles. The molecule has 3 rings (SSSR count). The van der Waals surface area contributed by atoms with Crippen LogP contribution in [0.2, 0.25) is 0 Å². The van der Waals surface area contributed by atoms with E-state index in [1.54, 1.807) is 12.1 Å². The van der Waals surface area contributed by atoms with Gasteiger partial charge < -0.3 is 10.1 Å². The summed E-state index contributed by atoms with van der Waals surface area (Å²) in [5.74, 6) is -0.118. The maximum absolute atomic E-state index is 12.5. The lowest BCUT2D eigenvalue weighted by atomic mass is 10.1. The molecular weight excluding hydrogens is 358 g/mol. The SMILES string of the molecule is CCc1ccc(-c2ccc(C(=O)Nc3ccc([N+](=O)[O-])cc3OC)cc2)nc1. The second kappa shape index (κ2) is 8.30. The summed E-state index contributed by atoms with van der Waals surface area (Å²) in [4.78, 5) is 27.3. The Morgan fingerprint density at radius 3 is 2.46 bits per heavy atom. The second-order valence-electron chi connectivity index (χ2n) is 6.08. The van der Waals surface area contributed by atoms with Gasteiger partial charge in [0.05, 0.1) is 29.5 Å². The number of hydrogen-bond acceptors (Lipinski definition) is 5. The standard InChI is InChI=1S/C21H19N3O4/c1-3-14-4-10-18(22-13-14)15-5-7-16(8-6-15)21(25)23-19-11-9-17(24(26)27)12-20(19)28-2/h4-13H,3H2,1-2H3,(H,23,25). The predicted octanol–water partition coefficient (Wildman–Crippen LogP) is 4.48. The van der Waals surface area contributed by atoms with Gasteiger partial charge in [0.1, 0.15) is 5.75 Å². The molecule has 1 amide bonds. The predicted molar refractivity (Wildman–Crippen MR) is 107 cm³/mol. The largest absolute Gasteiger partial charge is 0.494 e. The van der Waals surface area contributed by atoms with Gasteiger partial charge in [-0.2, -0.15) is 0 Å². The smallest absolute Gasteiger partial charge is 0.273 e. The van der Waals surface area contributed by atoms with Crippen LogP contribution in [0.4, 0.5) is 11.4 Å². The number of aromatic nitrogens is 1. The van der Waals surface area contributed by atoms with Crippen molar-refractivity contribution < 1.29 is 14.5 Å². The molecule has 0 fully saturated rings. The topological polar surface area (TPSA) is 94.4 Å². The van der Waals surface area contributed by atoms with Crippen molar-refractivity contribution in [3.63, 3.8) is 0 Å². The van der Waals surface area contributed by atoms with Crippen LogP contribution >= 0.6 is 0 Å². The van der Waals surface area contributed by atoms with Crippen LogP contribution in [0.1, 0.15) is 22.8 Å². The summed E-state index contributed by atoms with van der Waals surface area (Å²) >= 11 is 0. The molecule has 0 radical (unpaired) electrons. The third-order valence-corrected chi connectivity index (χ3v) is 4.32. The number of nitrogens with one attached hydrogen (secondary N) is 1. The first-order valence-corrected chi connectivity index (χ1v) is 8.71. The van der Waals surface area contributed by atoms with Crippen molar-refractivity contribution in [1.29, 1.82) is 0 Å². The minimum atomic E-state index is -0.520. The fourth-order valence-electron chi connectivity index (χ4n) is 2.69. The molecule has 0 spiro atoms. The Kier molecular flexibility index (Phi) is 5.64. The highest BCUT2D eigenvalue weighted by Crippen LogP contribution is 2.29. The Hall–Kier alpha value is -3.74. The Morgan fingerprint density at radius 2 is 1.89 bits per heavy atom. The molecule has 1 heterocycles. The molecule has 0 saturated carbocycles. The van der Waals surface area contributed by atoms with E-state index in [0.717, 1.165) is 23.2 Å². The van der Waals surface area contributed by atoms with E-state index in [-0.39, 0.29) is 17.3 Å². The molecule has 0 atom stereocenters. The number of anilines is 1. The number of hydrogen-bond donors (Lipinski definition) is 1. The van der Waals surface area contributed by atoms with Crippen LogP contribution in [0.5, 0.6) is 5.75 Å². The van der Waals surface area contributed by atoms with Crippen molar-refractivity contribution in [2.45, 2.75) is 13.3 Å². The van der Waals surface area contributed by atoms with Gasteiger partial charge in [-0.25, -0.2) is 0 Å². The molecule has 1 aromatic heterocycles. The Labute approximate surface area is 162 Å². The minimum absolute atomic E-state index is 0.110. The molecule has 28 heavy (non-hydrogen) atoms. The zero-order chi connectivity index (χ0) is 20.1. The zero-order valence-electron chi connectivity index (χ0n) is 15.5. The molecule has 0 aliphatic heterocycles. The molecule has 0 unspecified atom stereocenters. The molecule has 0 bridgehead atoms. The average molecular weight is 377 g/mol. The lowest BCUT2D eigenvalue weighted by molar-refractivity contribution is -0.384. The molecule has 2 aromatic carbocycles. The van der Waals surface area contributed by atoms with Gasteiger partial charge in [-0.3, -0.25) is 19.9 Å². The van der Waals surface area contributed by atoms with Gasteiger partial charge in [0.25, 0.3) is 11.6 Å². The molecule has 1 N–H and O–H groups in total. The monoisotopic (exact) mass is 377 g/mol. The highest BCUT2D eigenvalue weighted by molar-refractivity contribution is 6.05. The Balaban J connectivity index is 1.77. The van der Waals surface area contributed by atoms with Gasteiger partial charge in [-0.15, -0.1) is 0 Å². The van der Waals surface area contributed by atoms with E-state index in [9.17, 15) is 14.9 Å². The Morgan fingerprint density at radius 1 is 1.14 bits per heavy atom. The van der Waals surface area contributed by atoms with Gasteiger partial charge in [0.2, 0.25) is 0 Å². The number of carbonyl (C=O) groups excluding carboxylic acids is 1. The summed E-state index contributed by atoms with van der Waals surface area (Å²) in [6, 6.07) is 15.1. The van der Waals surface area contributed by atoms with E-state index in [2.05, 4.69) is 17.2 Å². The minimum Gasteiger partial charge on any atom is -0.494 e. The van der Waals surface area contributed by atoms with Gasteiger partial charge in [-0.05, 0) is 36.2 Å². The van der Waals surface area contributed by atoms with Gasteiger partial charge >= 0.3 is 0 Å². The number of benzene rings is 2. The Bertz CT molecular complexity index is 999. The van der Waals surface area contributed by atoms with E-state index < -0.39 is 4.92 Å². The first kappa shape index (κ1) is 19.0. The molecule has 3 aromatic rings. The van der Waals surface area contributed by atoms with E-state index in [0.29, 0.717) is 11.3 Å². The molecule has 142 valence electrons. The number of methoxy groups -OCH3 is 1. The maximum Gasteiger partial charge on any atom is 0.273 e. The van der Waals surface area contributed by atoms with Crippen molar-refractivity contribution in [2.75, 3.05) is 12.4 Å². The van der Waals surface area contributed by atoms with E-state index in [1.807, 2.05) is 30.5 Å². The summed E-state index contributed by atoms with van der Waals surface area (Å²) < 4.78 is 5.14. The number of nitrogens with zero attached hydrogens (tertiary/aromatic N) is 2. The summed E-state index contributed by atoms with van der Waals surface area (Å²) in [7, 11) is 1.39. The van der Waals surface area contributed by atoms with Crippen molar-refractivity contribution in [2.24, 2.45) is 0 Å². The number of amides is 1. The third-order valence-electron chi connectivity index (χ3n) is 4.32. The van der Waals surface area contributed by atoms with E-state index in [4.69, 9.17) is 4.74 Å². The van der Waals surface area contributed by atoms with Crippen LogP contribution in [-0.2, 0) is 6.42 Å². The average Bonchev–Trinajstić information content (AvgIpc) is 2.74. The number of nitro benzene ring substituents is 1. The highest BCUT2D eigenvalue weighted by Gasteiger charge is 2.14. The highest BCUT2D eigenvalue weighted by atomic mass is 16.6. The van der Waals surface area contributed by atoms with Crippen LogP contribution < -0.4 is 10.1 Å². The van der Waals surface area contributed by atoms with Crippen LogP contribution in [0.15, 0.2) is 60.8 Å². The first-order valence-electron chi connectivity index (χ1n) is 8.71. The molecule has 0 aliphatic rings. The van der Waals surface area contributed by atoms with E-state index in [1.165, 1.54) is 25.3 Å². The number of non-ortho nitro benzene ring substituents is 1. The van der Waals surface area contributed by atoms with Gasteiger partial charge in [0.15, 0.2) is 0 Å². The third kappa shape index (κ3) is 4.15. The number of nitro groups is 1. The molecular formula is C21H19N3O4. The molecule has 7 nitrogen and oxygen atoms in total. The zero-order valence-corrected chi connectivity index (χ0v) is 15.5. The summed E-state index contributed by atoms with van der Waals surface area (Å²) in [6.45, 7) is 2.07. The van der Waals surface area contributed by atoms with Gasteiger partial charge in [-0.1, -0.05) is 25.1 Å². The number of rotatable bonds is 6. The molecule has 0 aliphatic carbocycles. The fraction of sp³-hybridized carbons (Fsp3) is 0.143. The van der Waals surface area contributed by atoms with Crippen molar-refractivity contribution in [3.05, 3.63) is 82.0 Å². The number of ether oxygens (including phenoxy) is 1.